The average molecular weight is 520 g/mol. The molecule has 37 heavy (non-hydrogen) atoms. The Balaban J connectivity index is 1.34. The molecule has 0 bridgehead atoms. The van der Waals surface area contributed by atoms with Crippen molar-refractivity contribution in [2.75, 3.05) is 26.3 Å². The molecule has 0 unspecified atom stereocenters. The SMILES string of the molecule is N#C[C@H](C[C@@H]1CCNC1=O)NC(=O)[C@@H]1CC2(CN1C(=O)[C@@H](NC(=O)C1(F)CC1)C1CCCC1)OCCO2. The maximum atomic E-state index is 14.5. The number of rotatable bonds is 8. The fourth-order valence-electron chi connectivity index (χ4n) is 6.04. The summed E-state index contributed by atoms with van der Waals surface area (Å²) in [6.45, 7) is 1.17. The minimum absolute atomic E-state index is 0.00791. The predicted molar refractivity (Wildman–Crippen MR) is 125 cm³/mol. The third kappa shape index (κ3) is 5.29. The van der Waals surface area contributed by atoms with Crippen LogP contribution in [-0.4, -0.2) is 84.4 Å². The lowest BCUT2D eigenvalue weighted by atomic mass is 9.95. The molecule has 0 radical (unpaired) electrons. The van der Waals surface area contributed by atoms with Gasteiger partial charge in [-0.25, -0.2) is 4.39 Å². The maximum Gasteiger partial charge on any atom is 0.258 e. The molecule has 2 saturated carbocycles. The molecule has 3 heterocycles. The number of carbonyl (C=O) groups excluding carboxylic acids is 4. The zero-order valence-corrected chi connectivity index (χ0v) is 20.8. The van der Waals surface area contributed by atoms with E-state index in [1.54, 1.807) is 0 Å². The molecular formula is C25H34FN5O6. The van der Waals surface area contributed by atoms with Gasteiger partial charge in [0, 0.05) is 18.9 Å². The summed E-state index contributed by atoms with van der Waals surface area (Å²) in [5.74, 6) is -3.60. The molecule has 3 saturated heterocycles. The first-order valence-corrected chi connectivity index (χ1v) is 13.3. The minimum atomic E-state index is -1.93. The molecule has 1 spiro atoms. The fraction of sp³-hybridized carbons (Fsp3) is 0.800. The number of hydrogen-bond acceptors (Lipinski definition) is 7. The lowest BCUT2D eigenvalue weighted by molar-refractivity contribution is -0.154. The van der Waals surface area contributed by atoms with Crippen molar-refractivity contribution in [3.05, 3.63) is 0 Å². The summed E-state index contributed by atoms with van der Waals surface area (Å²) in [5.41, 5.74) is -1.93. The van der Waals surface area contributed by atoms with Crippen LogP contribution in [0.15, 0.2) is 0 Å². The van der Waals surface area contributed by atoms with E-state index in [1.165, 1.54) is 4.90 Å². The molecule has 5 rings (SSSR count). The summed E-state index contributed by atoms with van der Waals surface area (Å²) in [4.78, 5) is 53.3. The molecule has 0 aromatic carbocycles. The second-order valence-electron chi connectivity index (χ2n) is 11.0. The molecule has 4 atom stereocenters. The van der Waals surface area contributed by atoms with Crippen LogP contribution < -0.4 is 16.0 Å². The Labute approximate surface area is 214 Å². The van der Waals surface area contributed by atoms with Gasteiger partial charge in [-0.15, -0.1) is 0 Å². The first-order valence-electron chi connectivity index (χ1n) is 13.3. The highest BCUT2D eigenvalue weighted by Gasteiger charge is 2.56. The van der Waals surface area contributed by atoms with Crippen LogP contribution in [0.1, 0.15) is 57.8 Å². The Kier molecular flexibility index (Phi) is 7.11. The normalized spacial score (nSPS) is 29.5. The van der Waals surface area contributed by atoms with Crippen molar-refractivity contribution in [1.82, 2.24) is 20.9 Å². The van der Waals surface area contributed by atoms with Gasteiger partial charge in [0.05, 0.1) is 25.8 Å². The van der Waals surface area contributed by atoms with E-state index in [2.05, 4.69) is 16.0 Å². The average Bonchev–Trinajstić information content (AvgIpc) is 3.41. The summed E-state index contributed by atoms with van der Waals surface area (Å²) < 4.78 is 26.1. The molecule has 202 valence electrons. The minimum Gasteiger partial charge on any atom is -0.356 e. The fourth-order valence-corrected chi connectivity index (χ4v) is 6.04. The van der Waals surface area contributed by atoms with Gasteiger partial charge in [0.15, 0.2) is 11.5 Å². The van der Waals surface area contributed by atoms with Crippen LogP contribution in [-0.2, 0) is 28.7 Å². The number of carbonyl (C=O) groups is 4. The van der Waals surface area contributed by atoms with E-state index < -0.39 is 47.3 Å². The molecule has 0 aromatic heterocycles. The molecule has 3 aliphatic heterocycles. The van der Waals surface area contributed by atoms with Gasteiger partial charge in [-0.05, 0) is 44.4 Å². The van der Waals surface area contributed by atoms with Crippen LogP contribution in [0.5, 0.6) is 0 Å². The summed E-state index contributed by atoms with van der Waals surface area (Å²) >= 11 is 0. The third-order valence-electron chi connectivity index (χ3n) is 8.37. The molecule has 11 nitrogen and oxygen atoms in total. The van der Waals surface area contributed by atoms with Crippen LogP contribution in [0.25, 0.3) is 0 Å². The lowest BCUT2D eigenvalue weighted by Crippen LogP contribution is -2.57. The zero-order valence-electron chi connectivity index (χ0n) is 20.8. The van der Waals surface area contributed by atoms with Gasteiger partial charge < -0.3 is 30.3 Å². The number of nitrogens with zero attached hydrogens (tertiary/aromatic N) is 2. The molecule has 4 amide bonds. The highest BCUT2D eigenvalue weighted by molar-refractivity contribution is 5.95. The van der Waals surface area contributed by atoms with Crippen molar-refractivity contribution < 1.29 is 33.0 Å². The summed E-state index contributed by atoms with van der Waals surface area (Å²) in [6.07, 6.45) is 4.36. The molecule has 5 aliphatic rings. The van der Waals surface area contributed by atoms with Crippen molar-refractivity contribution in [2.45, 2.75) is 87.4 Å². The Bertz CT molecular complexity index is 985. The number of ether oxygens (including phenoxy) is 2. The Morgan fingerprint density at radius 3 is 2.46 bits per heavy atom. The highest BCUT2D eigenvalue weighted by atomic mass is 19.1. The van der Waals surface area contributed by atoms with E-state index in [1.807, 2.05) is 6.07 Å². The Morgan fingerprint density at radius 1 is 1.16 bits per heavy atom. The molecule has 2 aliphatic carbocycles. The third-order valence-corrected chi connectivity index (χ3v) is 8.37. The van der Waals surface area contributed by atoms with Gasteiger partial charge >= 0.3 is 0 Å². The quantitative estimate of drug-likeness (QED) is 0.410. The number of likely N-dealkylation sites (tertiary alicyclic amines) is 1. The topological polar surface area (TPSA) is 150 Å². The van der Waals surface area contributed by atoms with Gasteiger partial charge in [-0.3, -0.25) is 19.2 Å². The van der Waals surface area contributed by atoms with E-state index in [4.69, 9.17) is 9.47 Å². The van der Waals surface area contributed by atoms with Crippen molar-refractivity contribution in [2.24, 2.45) is 11.8 Å². The van der Waals surface area contributed by atoms with Crippen molar-refractivity contribution in [3.63, 3.8) is 0 Å². The lowest BCUT2D eigenvalue weighted by Gasteiger charge is -2.32. The van der Waals surface area contributed by atoms with Crippen molar-refractivity contribution in [3.8, 4) is 6.07 Å². The highest BCUT2D eigenvalue weighted by Crippen LogP contribution is 2.41. The zero-order chi connectivity index (χ0) is 26.2. The summed E-state index contributed by atoms with van der Waals surface area (Å²) in [5, 5.41) is 17.7. The number of nitriles is 1. The van der Waals surface area contributed by atoms with Crippen LogP contribution in [0, 0.1) is 23.2 Å². The van der Waals surface area contributed by atoms with Gasteiger partial charge in [0.1, 0.15) is 18.1 Å². The molecule has 3 N–H and O–H groups in total. The first kappa shape index (κ1) is 25.9. The molecular weight excluding hydrogens is 485 g/mol. The van der Waals surface area contributed by atoms with E-state index in [-0.39, 0.29) is 50.0 Å². The van der Waals surface area contributed by atoms with Gasteiger partial charge in [0.25, 0.3) is 5.91 Å². The van der Waals surface area contributed by atoms with Crippen LogP contribution in [0.4, 0.5) is 4.39 Å². The van der Waals surface area contributed by atoms with E-state index in [9.17, 15) is 28.8 Å². The maximum absolute atomic E-state index is 14.5. The van der Waals surface area contributed by atoms with E-state index >= 15 is 0 Å². The van der Waals surface area contributed by atoms with Gasteiger partial charge in [-0.1, -0.05) is 12.8 Å². The molecule has 0 aromatic rings. The van der Waals surface area contributed by atoms with Crippen LogP contribution in [0.2, 0.25) is 0 Å². The second kappa shape index (κ2) is 10.2. The summed E-state index contributed by atoms with van der Waals surface area (Å²) in [7, 11) is 0. The second-order valence-corrected chi connectivity index (χ2v) is 11.0. The number of amides is 4. The summed E-state index contributed by atoms with van der Waals surface area (Å²) in [6, 6.07) is -0.815. The van der Waals surface area contributed by atoms with Gasteiger partial charge in [0.2, 0.25) is 17.7 Å². The first-order chi connectivity index (χ1) is 17.7. The standard InChI is InChI=1S/C25H34FN5O6/c26-24(6-7-24)23(35)30-19(15-3-1-2-4-15)22(34)31-14-25(36-9-10-37-25)12-18(31)21(33)29-17(13-27)11-16-5-8-28-20(16)32/h15-19H,1-12,14H2,(H,28,32)(H,29,33)(H,30,35)/t16-,17-,18-,19-/m0/s1. The Hall–Kier alpha value is -2.78. The van der Waals surface area contributed by atoms with E-state index in [0.717, 1.165) is 25.7 Å². The van der Waals surface area contributed by atoms with Crippen LogP contribution in [0.3, 0.4) is 0 Å². The van der Waals surface area contributed by atoms with Crippen LogP contribution >= 0.6 is 0 Å². The van der Waals surface area contributed by atoms with Crippen molar-refractivity contribution in [1.29, 1.82) is 5.26 Å². The number of alkyl halides is 1. The number of nitrogens with one attached hydrogen (secondary N) is 3. The van der Waals surface area contributed by atoms with Crippen molar-refractivity contribution >= 4 is 23.6 Å². The Morgan fingerprint density at radius 2 is 1.86 bits per heavy atom. The predicted octanol–water partition coefficient (Wildman–Crippen LogP) is 0.0421. The monoisotopic (exact) mass is 519 g/mol. The molecule has 12 heteroatoms. The van der Waals surface area contributed by atoms with E-state index in [0.29, 0.717) is 26.2 Å². The van der Waals surface area contributed by atoms with Gasteiger partial charge in [-0.2, -0.15) is 5.26 Å². The smallest absolute Gasteiger partial charge is 0.258 e. The largest absolute Gasteiger partial charge is 0.356 e. The number of hydrogen-bond donors (Lipinski definition) is 3. The number of halogens is 1. The molecule has 5 fully saturated rings.